The van der Waals surface area contributed by atoms with Crippen LogP contribution in [-0.4, -0.2) is 37.0 Å². The van der Waals surface area contributed by atoms with E-state index in [1.807, 2.05) is 37.3 Å². The lowest BCUT2D eigenvalue weighted by Crippen LogP contribution is -2.41. The number of benzene rings is 2. The molecule has 3 rings (SSSR count). The first-order valence-corrected chi connectivity index (χ1v) is 10.4. The number of hydrogen-bond donors (Lipinski definition) is 1. The van der Waals surface area contributed by atoms with Crippen molar-refractivity contribution in [2.75, 3.05) is 26.2 Å². The van der Waals surface area contributed by atoms with Gasteiger partial charge in [-0.15, -0.1) is 0 Å². The monoisotopic (exact) mass is 420 g/mol. The molecule has 0 radical (unpaired) electrons. The highest BCUT2D eigenvalue weighted by Crippen LogP contribution is 2.23. The molecule has 1 fully saturated rings. The average Bonchev–Trinajstić information content (AvgIpc) is 2.70. The lowest BCUT2D eigenvalue weighted by atomic mass is 9.95. The molecule has 0 aliphatic carbocycles. The topological polar surface area (TPSA) is 41.6 Å². The Balaban J connectivity index is 1.36. The second-order valence-electron chi connectivity index (χ2n) is 7.19. The van der Waals surface area contributed by atoms with E-state index in [9.17, 15) is 4.79 Å². The van der Waals surface area contributed by atoms with Crippen molar-refractivity contribution >= 4 is 29.1 Å². The van der Waals surface area contributed by atoms with Crippen LogP contribution in [0.2, 0.25) is 10.0 Å². The van der Waals surface area contributed by atoms with Crippen molar-refractivity contribution < 1.29 is 9.53 Å². The van der Waals surface area contributed by atoms with Crippen LogP contribution < -0.4 is 10.1 Å². The molecule has 4 nitrogen and oxygen atoms in total. The van der Waals surface area contributed by atoms with Crippen molar-refractivity contribution in [3.8, 4) is 5.75 Å². The minimum atomic E-state index is 0.0660. The number of nitrogens with one attached hydrogen (secondary N) is 1. The number of aryl methyl sites for hydroxylation is 1. The van der Waals surface area contributed by atoms with E-state index < -0.39 is 0 Å². The van der Waals surface area contributed by atoms with Gasteiger partial charge in [0.25, 0.3) is 0 Å². The van der Waals surface area contributed by atoms with Crippen LogP contribution in [0.3, 0.4) is 0 Å². The molecule has 0 atom stereocenters. The SMILES string of the molecule is Cc1ccc(OCCNC(=O)C2CCN(Cc3ccccc3Cl)CC2)cc1Cl. The van der Waals surface area contributed by atoms with Gasteiger partial charge in [-0.3, -0.25) is 9.69 Å². The molecule has 6 heteroatoms. The van der Waals surface area contributed by atoms with Crippen LogP contribution in [0.1, 0.15) is 24.0 Å². The molecule has 1 aliphatic rings. The Hall–Kier alpha value is -1.75. The maximum Gasteiger partial charge on any atom is 0.223 e. The fraction of sp³-hybridized carbons (Fsp3) is 0.409. The third-order valence-corrected chi connectivity index (χ3v) is 5.90. The molecule has 1 N–H and O–H groups in total. The smallest absolute Gasteiger partial charge is 0.223 e. The van der Waals surface area contributed by atoms with E-state index in [0.29, 0.717) is 18.2 Å². The van der Waals surface area contributed by atoms with Gasteiger partial charge in [0.1, 0.15) is 12.4 Å². The Morgan fingerprint density at radius 3 is 2.61 bits per heavy atom. The summed E-state index contributed by atoms with van der Waals surface area (Å²) in [6.07, 6.45) is 1.73. The Morgan fingerprint density at radius 2 is 1.89 bits per heavy atom. The number of rotatable bonds is 7. The van der Waals surface area contributed by atoms with Gasteiger partial charge in [-0.1, -0.05) is 47.5 Å². The van der Waals surface area contributed by atoms with Crippen LogP contribution in [-0.2, 0) is 11.3 Å². The summed E-state index contributed by atoms with van der Waals surface area (Å²) in [6, 6.07) is 13.5. The number of amides is 1. The highest BCUT2D eigenvalue weighted by Gasteiger charge is 2.25. The van der Waals surface area contributed by atoms with Gasteiger partial charge in [-0.05, 0) is 62.2 Å². The molecule has 0 saturated carbocycles. The Labute approximate surface area is 176 Å². The summed E-state index contributed by atoms with van der Waals surface area (Å²) in [5.74, 6) is 0.900. The lowest BCUT2D eigenvalue weighted by molar-refractivity contribution is -0.126. The third kappa shape index (κ3) is 5.87. The van der Waals surface area contributed by atoms with Gasteiger partial charge < -0.3 is 10.1 Å². The van der Waals surface area contributed by atoms with Crippen molar-refractivity contribution in [1.29, 1.82) is 0 Å². The minimum absolute atomic E-state index is 0.0660. The number of halogens is 2. The molecular formula is C22H26Cl2N2O2. The van der Waals surface area contributed by atoms with Gasteiger partial charge in [0.15, 0.2) is 0 Å². The maximum absolute atomic E-state index is 12.4. The number of hydrogen-bond acceptors (Lipinski definition) is 3. The van der Waals surface area contributed by atoms with Gasteiger partial charge in [0.05, 0.1) is 6.54 Å². The van der Waals surface area contributed by atoms with E-state index >= 15 is 0 Å². The summed E-state index contributed by atoms with van der Waals surface area (Å²) >= 11 is 12.3. The van der Waals surface area contributed by atoms with Crippen molar-refractivity contribution in [2.24, 2.45) is 5.92 Å². The molecule has 2 aromatic carbocycles. The van der Waals surface area contributed by atoms with Crippen LogP contribution in [0.25, 0.3) is 0 Å². The van der Waals surface area contributed by atoms with Gasteiger partial charge >= 0.3 is 0 Å². The number of carbonyl (C=O) groups excluding carboxylic acids is 1. The van der Waals surface area contributed by atoms with Crippen molar-refractivity contribution in [1.82, 2.24) is 10.2 Å². The molecule has 0 unspecified atom stereocenters. The molecule has 2 aromatic rings. The van der Waals surface area contributed by atoms with Gasteiger partial charge in [-0.2, -0.15) is 0 Å². The molecule has 1 saturated heterocycles. The predicted molar refractivity (Wildman–Crippen MR) is 114 cm³/mol. The fourth-order valence-corrected chi connectivity index (χ4v) is 3.74. The molecule has 150 valence electrons. The van der Waals surface area contributed by atoms with Crippen molar-refractivity contribution in [3.05, 3.63) is 63.6 Å². The van der Waals surface area contributed by atoms with E-state index in [1.54, 1.807) is 6.07 Å². The number of nitrogens with zero attached hydrogens (tertiary/aromatic N) is 1. The number of likely N-dealkylation sites (tertiary alicyclic amines) is 1. The average molecular weight is 421 g/mol. The number of ether oxygens (including phenoxy) is 1. The predicted octanol–water partition coefficient (Wildman–Crippen LogP) is 4.71. The highest BCUT2D eigenvalue weighted by molar-refractivity contribution is 6.31. The Kier molecular flexibility index (Phi) is 7.60. The standard InChI is InChI=1S/C22H26Cl2N2O2/c1-16-6-7-19(14-21(16)24)28-13-10-25-22(27)17-8-11-26(12-9-17)15-18-4-2-3-5-20(18)23/h2-7,14,17H,8-13,15H2,1H3,(H,25,27). The quantitative estimate of drug-likeness (QED) is 0.659. The van der Waals surface area contributed by atoms with Crippen LogP contribution in [0.15, 0.2) is 42.5 Å². The van der Waals surface area contributed by atoms with Gasteiger partial charge in [-0.25, -0.2) is 0 Å². The van der Waals surface area contributed by atoms with E-state index in [1.165, 1.54) is 0 Å². The van der Waals surface area contributed by atoms with Crippen LogP contribution in [0.4, 0.5) is 0 Å². The van der Waals surface area contributed by atoms with E-state index in [2.05, 4.69) is 16.3 Å². The molecule has 1 aliphatic heterocycles. The maximum atomic E-state index is 12.4. The molecule has 0 bridgehead atoms. The number of carbonyl (C=O) groups is 1. The summed E-state index contributed by atoms with van der Waals surface area (Å²) in [6.45, 7) is 5.51. The molecule has 1 heterocycles. The summed E-state index contributed by atoms with van der Waals surface area (Å²) in [5.41, 5.74) is 2.16. The third-order valence-electron chi connectivity index (χ3n) is 5.12. The summed E-state index contributed by atoms with van der Waals surface area (Å²) in [7, 11) is 0. The molecule has 28 heavy (non-hydrogen) atoms. The number of piperidine rings is 1. The normalized spacial score (nSPS) is 15.4. The van der Waals surface area contributed by atoms with Gasteiger partial charge in [0, 0.05) is 22.5 Å². The summed E-state index contributed by atoms with van der Waals surface area (Å²) < 4.78 is 5.65. The zero-order valence-corrected chi connectivity index (χ0v) is 17.6. The van der Waals surface area contributed by atoms with Gasteiger partial charge in [0.2, 0.25) is 5.91 Å². The molecule has 0 aromatic heterocycles. The molecule has 1 amide bonds. The Morgan fingerprint density at radius 1 is 1.14 bits per heavy atom. The lowest BCUT2D eigenvalue weighted by Gasteiger charge is -2.31. The first kappa shape index (κ1) is 21.0. The highest BCUT2D eigenvalue weighted by atomic mass is 35.5. The van der Waals surface area contributed by atoms with Crippen LogP contribution >= 0.6 is 23.2 Å². The largest absolute Gasteiger partial charge is 0.492 e. The van der Waals surface area contributed by atoms with E-state index in [-0.39, 0.29) is 11.8 Å². The second kappa shape index (κ2) is 10.1. The van der Waals surface area contributed by atoms with Crippen LogP contribution in [0.5, 0.6) is 5.75 Å². The van der Waals surface area contributed by atoms with Crippen molar-refractivity contribution in [3.63, 3.8) is 0 Å². The first-order valence-electron chi connectivity index (χ1n) is 9.65. The first-order chi connectivity index (χ1) is 13.5. The zero-order chi connectivity index (χ0) is 19.9. The summed E-state index contributed by atoms with van der Waals surface area (Å²) in [4.78, 5) is 14.8. The Bertz CT molecular complexity index is 805. The summed E-state index contributed by atoms with van der Waals surface area (Å²) in [5, 5.41) is 4.47. The second-order valence-corrected chi connectivity index (χ2v) is 8.01. The minimum Gasteiger partial charge on any atom is -0.492 e. The van der Waals surface area contributed by atoms with E-state index in [4.69, 9.17) is 27.9 Å². The molecular weight excluding hydrogens is 395 g/mol. The fourth-order valence-electron chi connectivity index (χ4n) is 3.37. The van der Waals surface area contributed by atoms with E-state index in [0.717, 1.165) is 54.4 Å². The van der Waals surface area contributed by atoms with Crippen molar-refractivity contribution in [2.45, 2.75) is 26.3 Å². The van der Waals surface area contributed by atoms with Crippen LogP contribution in [0, 0.1) is 12.8 Å². The molecule has 0 spiro atoms. The zero-order valence-electron chi connectivity index (χ0n) is 16.1.